The molecule has 3 heteroatoms. The highest BCUT2D eigenvalue weighted by atomic mass is 16.7. The summed E-state index contributed by atoms with van der Waals surface area (Å²) in [5, 5.41) is 1.18. The van der Waals surface area contributed by atoms with Gasteiger partial charge in [0.1, 0.15) is 0 Å². The van der Waals surface area contributed by atoms with Gasteiger partial charge in [-0.05, 0) is 17.7 Å². The van der Waals surface area contributed by atoms with Crippen molar-refractivity contribution >= 4 is 12.0 Å². The molecule has 0 saturated heterocycles. The van der Waals surface area contributed by atoms with Crippen molar-refractivity contribution in [3.63, 3.8) is 0 Å². The molecule has 0 atom stereocenters. The van der Waals surface area contributed by atoms with Gasteiger partial charge in [-0.25, -0.2) is 5.06 Å². The average molecular weight is 191 g/mol. The van der Waals surface area contributed by atoms with Gasteiger partial charge in [-0.2, -0.15) is 0 Å². The second-order valence-corrected chi connectivity index (χ2v) is 2.81. The van der Waals surface area contributed by atoms with Gasteiger partial charge in [0, 0.05) is 12.6 Å². The molecule has 1 amide bonds. The molecule has 3 nitrogen and oxygen atoms in total. The summed E-state index contributed by atoms with van der Waals surface area (Å²) in [4.78, 5) is 16.3. The Morgan fingerprint density at radius 1 is 1.43 bits per heavy atom. The summed E-state index contributed by atoms with van der Waals surface area (Å²) < 4.78 is 0. The van der Waals surface area contributed by atoms with E-state index in [1.54, 1.807) is 25.3 Å². The van der Waals surface area contributed by atoms with E-state index in [1.165, 1.54) is 12.2 Å². The van der Waals surface area contributed by atoms with Crippen LogP contribution in [0.3, 0.4) is 0 Å². The van der Waals surface area contributed by atoms with Gasteiger partial charge in [-0.15, -0.1) is 0 Å². The van der Waals surface area contributed by atoms with Crippen LogP contribution in [0.25, 0.3) is 6.08 Å². The highest BCUT2D eigenvalue weighted by molar-refractivity contribution is 5.93. The lowest BCUT2D eigenvalue weighted by Gasteiger charge is -2.13. The maximum absolute atomic E-state index is 11.6. The zero-order chi connectivity index (χ0) is 10.6. The quantitative estimate of drug-likeness (QED) is 0.683. The molecular weight excluding hydrogens is 178 g/mol. The zero-order valence-electron chi connectivity index (χ0n) is 8.36. The molecule has 1 rings (SSSR count). The fourth-order valence-electron chi connectivity index (χ4n) is 1.03. The Kier molecular flexibility index (Phi) is 3.42. The molecular formula is C11H13NO2. The molecule has 14 heavy (non-hydrogen) atoms. The molecule has 0 fully saturated rings. The summed E-state index contributed by atoms with van der Waals surface area (Å²) in [5.41, 5.74) is 1.58. The normalized spacial score (nSPS) is 9.57. The van der Waals surface area contributed by atoms with E-state index in [-0.39, 0.29) is 5.91 Å². The van der Waals surface area contributed by atoms with E-state index in [0.717, 1.165) is 5.56 Å². The predicted molar refractivity (Wildman–Crippen MR) is 55.6 cm³/mol. The fraction of sp³-hybridized carbons (Fsp3) is 0.182. The third-order valence-electron chi connectivity index (χ3n) is 1.95. The molecule has 0 bridgehead atoms. The molecule has 0 spiro atoms. The number of amides is 1. The van der Waals surface area contributed by atoms with Crippen LogP contribution in [-0.2, 0) is 4.84 Å². The van der Waals surface area contributed by atoms with Gasteiger partial charge in [-0.1, -0.05) is 24.8 Å². The number of carbonyl (C=O) groups excluding carboxylic acids is 1. The van der Waals surface area contributed by atoms with Crippen molar-refractivity contribution in [3.8, 4) is 0 Å². The van der Waals surface area contributed by atoms with Gasteiger partial charge in [0.2, 0.25) is 0 Å². The van der Waals surface area contributed by atoms with E-state index in [1.807, 2.05) is 12.1 Å². The lowest BCUT2D eigenvalue weighted by Crippen LogP contribution is -2.25. The molecule has 0 aliphatic heterocycles. The van der Waals surface area contributed by atoms with Gasteiger partial charge in [-0.3, -0.25) is 9.63 Å². The van der Waals surface area contributed by atoms with Gasteiger partial charge < -0.3 is 0 Å². The third-order valence-corrected chi connectivity index (χ3v) is 1.95. The fourth-order valence-corrected chi connectivity index (χ4v) is 1.03. The van der Waals surface area contributed by atoms with E-state index in [0.29, 0.717) is 5.56 Å². The molecule has 1 aromatic carbocycles. The van der Waals surface area contributed by atoms with E-state index in [9.17, 15) is 4.79 Å². The zero-order valence-corrected chi connectivity index (χ0v) is 8.36. The Balaban J connectivity index is 2.86. The Morgan fingerprint density at radius 3 is 2.43 bits per heavy atom. The maximum Gasteiger partial charge on any atom is 0.277 e. The minimum absolute atomic E-state index is 0.164. The summed E-state index contributed by atoms with van der Waals surface area (Å²) in [6.07, 6.45) is 1.73. The summed E-state index contributed by atoms with van der Waals surface area (Å²) in [7, 11) is 3.03. The first kappa shape index (κ1) is 10.5. The van der Waals surface area contributed by atoms with Crippen molar-refractivity contribution in [2.75, 3.05) is 14.2 Å². The molecule has 0 aliphatic carbocycles. The second kappa shape index (κ2) is 4.58. The maximum atomic E-state index is 11.6. The molecule has 74 valence electrons. The van der Waals surface area contributed by atoms with Crippen molar-refractivity contribution in [3.05, 3.63) is 42.0 Å². The second-order valence-electron chi connectivity index (χ2n) is 2.81. The van der Waals surface area contributed by atoms with Crippen LogP contribution in [0.15, 0.2) is 30.8 Å². The van der Waals surface area contributed by atoms with E-state index < -0.39 is 0 Å². The van der Waals surface area contributed by atoms with Crippen molar-refractivity contribution in [2.24, 2.45) is 0 Å². The highest BCUT2D eigenvalue weighted by Gasteiger charge is 2.09. The minimum Gasteiger partial charge on any atom is -0.274 e. The van der Waals surface area contributed by atoms with Crippen molar-refractivity contribution in [1.29, 1.82) is 0 Å². The van der Waals surface area contributed by atoms with Crippen LogP contribution in [0.5, 0.6) is 0 Å². The van der Waals surface area contributed by atoms with Crippen LogP contribution in [0.4, 0.5) is 0 Å². The number of rotatable bonds is 3. The van der Waals surface area contributed by atoms with Gasteiger partial charge in [0.15, 0.2) is 0 Å². The van der Waals surface area contributed by atoms with Gasteiger partial charge >= 0.3 is 0 Å². The molecule has 0 saturated carbocycles. The SMILES string of the molecule is C=Cc1ccc(C(=O)N(C)OC)cc1. The molecule has 0 aliphatic rings. The standard InChI is InChI=1S/C11H13NO2/c1-4-9-5-7-10(8-6-9)11(13)12(2)14-3/h4-8H,1H2,2-3H3. The number of nitrogens with zero attached hydrogens (tertiary/aromatic N) is 1. The molecule has 0 unspecified atom stereocenters. The lowest BCUT2D eigenvalue weighted by atomic mass is 10.1. The van der Waals surface area contributed by atoms with Crippen molar-refractivity contribution in [1.82, 2.24) is 5.06 Å². The Morgan fingerprint density at radius 2 is 2.00 bits per heavy atom. The first-order chi connectivity index (χ1) is 6.69. The Bertz CT molecular complexity index is 330. The van der Waals surface area contributed by atoms with Crippen LogP contribution in [0.2, 0.25) is 0 Å². The Labute approximate surface area is 83.6 Å². The molecule has 0 N–H and O–H groups in total. The average Bonchev–Trinajstić information content (AvgIpc) is 2.27. The number of hydrogen-bond acceptors (Lipinski definition) is 2. The summed E-state index contributed by atoms with van der Waals surface area (Å²) >= 11 is 0. The topological polar surface area (TPSA) is 29.5 Å². The minimum atomic E-state index is -0.164. The lowest BCUT2D eigenvalue weighted by molar-refractivity contribution is -0.0756. The Hall–Kier alpha value is -1.61. The molecule has 0 radical (unpaired) electrons. The molecule has 1 aromatic rings. The summed E-state index contributed by atoms with van der Waals surface area (Å²) in [6, 6.07) is 7.16. The smallest absolute Gasteiger partial charge is 0.274 e. The van der Waals surface area contributed by atoms with Crippen LogP contribution < -0.4 is 0 Å². The largest absolute Gasteiger partial charge is 0.277 e. The first-order valence-electron chi connectivity index (χ1n) is 4.23. The van der Waals surface area contributed by atoms with Gasteiger partial charge in [0.05, 0.1) is 7.11 Å². The van der Waals surface area contributed by atoms with Crippen LogP contribution >= 0.6 is 0 Å². The number of hydrogen-bond donors (Lipinski definition) is 0. The van der Waals surface area contributed by atoms with Crippen LogP contribution in [0.1, 0.15) is 15.9 Å². The number of carbonyl (C=O) groups is 1. The van der Waals surface area contributed by atoms with E-state index >= 15 is 0 Å². The van der Waals surface area contributed by atoms with Crippen molar-refractivity contribution < 1.29 is 9.63 Å². The van der Waals surface area contributed by atoms with Gasteiger partial charge in [0.25, 0.3) is 5.91 Å². The van der Waals surface area contributed by atoms with Crippen LogP contribution in [-0.4, -0.2) is 25.1 Å². The molecule has 0 heterocycles. The van der Waals surface area contributed by atoms with E-state index in [2.05, 4.69) is 6.58 Å². The highest BCUT2D eigenvalue weighted by Crippen LogP contribution is 2.07. The predicted octanol–water partition coefficient (Wildman–Crippen LogP) is 1.96. The number of benzene rings is 1. The first-order valence-corrected chi connectivity index (χ1v) is 4.23. The summed E-state index contributed by atoms with van der Waals surface area (Å²) in [6.45, 7) is 3.64. The van der Waals surface area contributed by atoms with Crippen molar-refractivity contribution in [2.45, 2.75) is 0 Å². The van der Waals surface area contributed by atoms with Crippen LogP contribution in [0, 0.1) is 0 Å². The third kappa shape index (κ3) is 2.20. The number of hydroxylamine groups is 2. The summed E-state index contributed by atoms with van der Waals surface area (Å²) in [5.74, 6) is -0.164. The molecule has 0 aromatic heterocycles. The monoisotopic (exact) mass is 191 g/mol. The van der Waals surface area contributed by atoms with E-state index in [4.69, 9.17) is 4.84 Å².